The van der Waals surface area contributed by atoms with E-state index in [1.165, 1.54) is 24.3 Å². The van der Waals surface area contributed by atoms with Crippen molar-refractivity contribution in [3.63, 3.8) is 0 Å². The molecular weight excluding hydrogens is 364 g/mol. The first-order chi connectivity index (χ1) is 12.6. The Morgan fingerprint density at radius 3 is 2.56 bits per heavy atom. The zero-order chi connectivity index (χ0) is 19.8. The topological polar surface area (TPSA) is 88.4 Å². The molecule has 6 nitrogen and oxygen atoms in total. The molecule has 3 rings (SSSR count). The third kappa shape index (κ3) is 4.25. The fraction of sp³-hybridized carbons (Fsp3) is 0.450. The van der Waals surface area contributed by atoms with Crippen LogP contribution in [0.5, 0.6) is 0 Å². The summed E-state index contributed by atoms with van der Waals surface area (Å²) < 4.78 is 32.3. The van der Waals surface area contributed by atoms with E-state index in [-0.39, 0.29) is 22.3 Å². The Morgan fingerprint density at radius 1 is 1.26 bits per heavy atom. The fourth-order valence-corrected chi connectivity index (χ4v) is 4.65. The number of carbonyl (C=O) groups excluding carboxylic acids is 1. The van der Waals surface area contributed by atoms with Crippen LogP contribution < -0.4 is 10.0 Å². The third-order valence-corrected chi connectivity index (χ3v) is 6.36. The predicted molar refractivity (Wildman–Crippen MR) is 103 cm³/mol. The van der Waals surface area contributed by atoms with Gasteiger partial charge in [-0.25, -0.2) is 13.1 Å². The van der Waals surface area contributed by atoms with Crippen molar-refractivity contribution in [3.8, 4) is 0 Å². The number of amides is 1. The van der Waals surface area contributed by atoms with Crippen LogP contribution in [0.25, 0.3) is 0 Å². The van der Waals surface area contributed by atoms with Crippen LogP contribution in [0.3, 0.4) is 0 Å². The van der Waals surface area contributed by atoms with Gasteiger partial charge in [0, 0.05) is 24.1 Å². The minimum absolute atomic E-state index is 0.0268. The Morgan fingerprint density at radius 2 is 1.93 bits per heavy atom. The summed E-state index contributed by atoms with van der Waals surface area (Å²) in [6, 6.07) is 7.83. The average molecular weight is 391 g/mol. The number of nitrogens with one attached hydrogen (secondary N) is 2. The Labute approximate surface area is 160 Å². The number of rotatable bonds is 5. The van der Waals surface area contributed by atoms with Gasteiger partial charge in [-0.3, -0.25) is 4.79 Å². The van der Waals surface area contributed by atoms with E-state index in [9.17, 15) is 13.2 Å². The van der Waals surface area contributed by atoms with Gasteiger partial charge in [-0.05, 0) is 49.1 Å². The average Bonchev–Trinajstić information content (AvgIpc) is 2.94. The molecule has 2 aromatic rings. The highest BCUT2D eigenvalue weighted by Crippen LogP contribution is 2.42. The second-order valence-corrected chi connectivity index (χ2v) is 9.60. The highest BCUT2D eigenvalue weighted by Gasteiger charge is 2.35. The van der Waals surface area contributed by atoms with E-state index in [1.807, 2.05) is 13.0 Å². The van der Waals surface area contributed by atoms with E-state index in [1.54, 1.807) is 6.92 Å². The van der Waals surface area contributed by atoms with E-state index >= 15 is 0 Å². The van der Waals surface area contributed by atoms with E-state index in [4.69, 9.17) is 4.42 Å². The lowest BCUT2D eigenvalue weighted by Gasteiger charge is -2.34. The molecule has 27 heavy (non-hydrogen) atoms. The summed E-state index contributed by atoms with van der Waals surface area (Å²) >= 11 is 0. The first kappa shape index (κ1) is 19.6. The normalized spacial score (nSPS) is 18.7. The highest BCUT2D eigenvalue weighted by molar-refractivity contribution is 7.89. The molecule has 0 spiro atoms. The van der Waals surface area contributed by atoms with Crippen molar-refractivity contribution in [2.45, 2.75) is 51.5 Å². The smallest absolute Gasteiger partial charge is 0.251 e. The maximum Gasteiger partial charge on any atom is 0.251 e. The Kier molecular flexibility index (Phi) is 5.18. The summed E-state index contributed by atoms with van der Waals surface area (Å²) in [6.07, 6.45) is 1.66. The molecule has 1 atom stereocenters. The van der Waals surface area contributed by atoms with Crippen LogP contribution >= 0.6 is 0 Å². The summed E-state index contributed by atoms with van der Waals surface area (Å²) in [5, 5.41) is 3.08. The van der Waals surface area contributed by atoms with Gasteiger partial charge in [-0.2, -0.15) is 0 Å². The van der Waals surface area contributed by atoms with Gasteiger partial charge in [-0.15, -0.1) is 0 Å². The number of furan rings is 1. The van der Waals surface area contributed by atoms with Crippen molar-refractivity contribution in [3.05, 3.63) is 53.0 Å². The first-order valence-corrected chi connectivity index (χ1v) is 10.6. The summed E-state index contributed by atoms with van der Waals surface area (Å²) in [7, 11) is -3.53. The molecule has 1 aliphatic rings. The summed E-state index contributed by atoms with van der Waals surface area (Å²) in [5.74, 6) is 1.55. The number of benzene rings is 1. The SMILES string of the molecule is CCNS(=O)(=O)c1ccc(C(=O)NC2CC(C)(C)Cc3oc(C)cc32)cc1. The number of hydrogen-bond acceptors (Lipinski definition) is 4. The van der Waals surface area contributed by atoms with Crippen LogP contribution in [0.15, 0.2) is 39.6 Å². The molecule has 1 aliphatic carbocycles. The molecule has 0 saturated heterocycles. The summed E-state index contributed by atoms with van der Waals surface area (Å²) in [6.45, 7) is 8.26. The van der Waals surface area contributed by atoms with Crippen molar-refractivity contribution in [1.82, 2.24) is 10.0 Å². The molecule has 0 saturated carbocycles. The van der Waals surface area contributed by atoms with Crippen LogP contribution in [-0.4, -0.2) is 20.9 Å². The standard InChI is InChI=1S/C20H26N2O4S/c1-5-21-27(24,25)15-8-6-14(7-9-15)19(23)22-17-11-20(3,4)12-18-16(17)10-13(2)26-18/h6-10,17,21H,5,11-12H2,1-4H3,(H,22,23). The largest absolute Gasteiger partial charge is 0.466 e. The number of hydrogen-bond donors (Lipinski definition) is 2. The molecule has 1 heterocycles. The fourth-order valence-electron chi connectivity index (χ4n) is 3.61. The van der Waals surface area contributed by atoms with Crippen molar-refractivity contribution >= 4 is 15.9 Å². The lowest BCUT2D eigenvalue weighted by atomic mass is 9.74. The maximum absolute atomic E-state index is 12.7. The Hall–Kier alpha value is -2.12. The van der Waals surface area contributed by atoms with Crippen molar-refractivity contribution < 1.29 is 17.6 Å². The van der Waals surface area contributed by atoms with Gasteiger partial charge in [-0.1, -0.05) is 20.8 Å². The number of sulfonamides is 1. The molecule has 1 aromatic carbocycles. The number of carbonyl (C=O) groups is 1. The van der Waals surface area contributed by atoms with Crippen LogP contribution in [0.2, 0.25) is 0 Å². The molecular formula is C20H26N2O4S. The molecule has 0 aliphatic heterocycles. The Bertz CT molecular complexity index is 943. The zero-order valence-electron chi connectivity index (χ0n) is 16.1. The van der Waals surface area contributed by atoms with Crippen molar-refractivity contribution in [1.29, 1.82) is 0 Å². The van der Waals surface area contributed by atoms with E-state index in [0.29, 0.717) is 12.1 Å². The minimum atomic E-state index is -3.53. The van der Waals surface area contributed by atoms with Crippen LogP contribution in [0.4, 0.5) is 0 Å². The van der Waals surface area contributed by atoms with Gasteiger partial charge in [0.2, 0.25) is 10.0 Å². The van der Waals surface area contributed by atoms with E-state index < -0.39 is 10.0 Å². The highest BCUT2D eigenvalue weighted by atomic mass is 32.2. The Balaban J connectivity index is 1.79. The molecule has 1 amide bonds. The predicted octanol–water partition coefficient (Wildman–Crippen LogP) is 3.33. The monoisotopic (exact) mass is 390 g/mol. The lowest BCUT2D eigenvalue weighted by Crippen LogP contribution is -2.36. The quantitative estimate of drug-likeness (QED) is 0.820. The van der Waals surface area contributed by atoms with Crippen LogP contribution in [0, 0.1) is 12.3 Å². The molecule has 146 valence electrons. The molecule has 7 heteroatoms. The summed E-state index contributed by atoms with van der Waals surface area (Å²) in [5.41, 5.74) is 1.49. The van der Waals surface area contributed by atoms with E-state index in [2.05, 4.69) is 23.9 Å². The molecule has 0 fully saturated rings. The summed E-state index contributed by atoms with van der Waals surface area (Å²) in [4.78, 5) is 12.9. The van der Waals surface area contributed by atoms with Gasteiger partial charge in [0.05, 0.1) is 10.9 Å². The molecule has 1 aromatic heterocycles. The van der Waals surface area contributed by atoms with Gasteiger partial charge < -0.3 is 9.73 Å². The van der Waals surface area contributed by atoms with Crippen molar-refractivity contribution in [2.24, 2.45) is 5.41 Å². The molecule has 2 N–H and O–H groups in total. The van der Waals surface area contributed by atoms with Gasteiger partial charge >= 0.3 is 0 Å². The molecule has 0 radical (unpaired) electrons. The number of aryl methyl sites for hydroxylation is 1. The third-order valence-electron chi connectivity index (χ3n) is 4.80. The van der Waals surface area contributed by atoms with Crippen LogP contribution in [-0.2, 0) is 16.4 Å². The lowest BCUT2D eigenvalue weighted by molar-refractivity contribution is 0.0917. The van der Waals surface area contributed by atoms with E-state index in [0.717, 1.165) is 29.9 Å². The second-order valence-electron chi connectivity index (χ2n) is 7.83. The number of fused-ring (bicyclic) bond motifs is 1. The van der Waals surface area contributed by atoms with Gasteiger partial charge in [0.1, 0.15) is 11.5 Å². The molecule has 0 bridgehead atoms. The maximum atomic E-state index is 12.7. The second kappa shape index (κ2) is 7.13. The zero-order valence-corrected chi connectivity index (χ0v) is 16.9. The molecule has 1 unspecified atom stereocenters. The van der Waals surface area contributed by atoms with Crippen molar-refractivity contribution in [2.75, 3.05) is 6.54 Å². The van der Waals surface area contributed by atoms with Gasteiger partial charge in [0.15, 0.2) is 0 Å². The van der Waals surface area contributed by atoms with Crippen LogP contribution in [0.1, 0.15) is 60.7 Å². The minimum Gasteiger partial charge on any atom is -0.466 e. The first-order valence-electron chi connectivity index (χ1n) is 9.11. The van der Waals surface area contributed by atoms with Gasteiger partial charge in [0.25, 0.3) is 5.91 Å².